The van der Waals surface area contributed by atoms with Crippen molar-refractivity contribution >= 4 is 34.1 Å². The van der Waals surface area contributed by atoms with Crippen molar-refractivity contribution in [3.63, 3.8) is 0 Å². The van der Waals surface area contributed by atoms with Gasteiger partial charge in [-0.25, -0.2) is 15.4 Å². The molecule has 8 nitrogen and oxygen atoms in total. The van der Waals surface area contributed by atoms with E-state index in [0.29, 0.717) is 17.9 Å². The van der Waals surface area contributed by atoms with Gasteiger partial charge < -0.3 is 10.3 Å². The Morgan fingerprint density at radius 3 is 2.91 bits per heavy atom. The lowest BCUT2D eigenvalue weighted by molar-refractivity contribution is -0.117. The Hall–Kier alpha value is -3.14. The Morgan fingerprint density at radius 1 is 1.11 bits per heavy atom. The Morgan fingerprint density at radius 2 is 2.06 bits per heavy atom. The SMILES string of the molecule is O=C(Nc1cncc(C2CCC3NNC(c4nc5nccc(-c6cccs6)c5[nH]4)C3C2)c1)C1CC1. The topological polar surface area (TPSA) is 108 Å². The highest BCUT2D eigenvalue weighted by molar-refractivity contribution is 7.13. The molecule has 2 saturated carbocycles. The van der Waals surface area contributed by atoms with Gasteiger partial charge in [0, 0.05) is 34.8 Å². The summed E-state index contributed by atoms with van der Waals surface area (Å²) in [5.74, 6) is 2.03. The second-order valence-corrected chi connectivity index (χ2v) is 10.9. The number of hydrogen-bond donors (Lipinski definition) is 4. The monoisotopic (exact) mass is 485 g/mol. The predicted octanol–water partition coefficient (Wildman–Crippen LogP) is 4.53. The van der Waals surface area contributed by atoms with Gasteiger partial charge in [0.1, 0.15) is 5.82 Å². The summed E-state index contributed by atoms with van der Waals surface area (Å²) in [6.07, 6.45) is 10.7. The third kappa shape index (κ3) is 3.93. The zero-order valence-corrected chi connectivity index (χ0v) is 20.0. The van der Waals surface area contributed by atoms with Crippen molar-refractivity contribution < 1.29 is 4.79 Å². The summed E-state index contributed by atoms with van der Waals surface area (Å²) >= 11 is 1.72. The molecular weight excluding hydrogens is 458 g/mol. The van der Waals surface area contributed by atoms with Gasteiger partial charge in [-0.2, -0.15) is 0 Å². The van der Waals surface area contributed by atoms with Crippen LogP contribution in [0.5, 0.6) is 0 Å². The van der Waals surface area contributed by atoms with Gasteiger partial charge in [0.05, 0.1) is 23.4 Å². The van der Waals surface area contributed by atoms with Crippen LogP contribution >= 0.6 is 11.3 Å². The lowest BCUT2D eigenvalue weighted by Gasteiger charge is -2.33. The molecule has 0 radical (unpaired) electrons. The minimum absolute atomic E-state index is 0.0823. The molecule has 3 fully saturated rings. The van der Waals surface area contributed by atoms with Crippen LogP contribution in [0, 0.1) is 11.8 Å². The van der Waals surface area contributed by atoms with E-state index in [1.54, 1.807) is 17.5 Å². The van der Waals surface area contributed by atoms with Gasteiger partial charge in [0.15, 0.2) is 5.65 Å². The molecule has 4 unspecified atom stereocenters. The zero-order chi connectivity index (χ0) is 23.4. The van der Waals surface area contributed by atoms with Crippen LogP contribution in [0.3, 0.4) is 0 Å². The summed E-state index contributed by atoms with van der Waals surface area (Å²) in [7, 11) is 0. The first kappa shape index (κ1) is 21.2. The molecule has 0 bridgehead atoms. The molecule has 4 aromatic rings. The van der Waals surface area contributed by atoms with Gasteiger partial charge in [-0.05, 0) is 73.1 Å². The van der Waals surface area contributed by atoms with Crippen molar-refractivity contribution in [2.45, 2.75) is 50.1 Å². The summed E-state index contributed by atoms with van der Waals surface area (Å²) in [6, 6.07) is 8.85. The fourth-order valence-corrected chi connectivity index (χ4v) is 6.44. The van der Waals surface area contributed by atoms with E-state index >= 15 is 0 Å². The van der Waals surface area contributed by atoms with Gasteiger partial charge in [0.25, 0.3) is 0 Å². The van der Waals surface area contributed by atoms with Crippen LogP contribution < -0.4 is 16.2 Å². The number of amides is 1. The third-order valence-corrected chi connectivity index (χ3v) is 8.59. The number of rotatable bonds is 5. The van der Waals surface area contributed by atoms with Gasteiger partial charge in [-0.3, -0.25) is 15.2 Å². The molecule has 4 aromatic heterocycles. The van der Waals surface area contributed by atoms with Gasteiger partial charge in [0.2, 0.25) is 5.91 Å². The number of carbonyl (C=O) groups is 1. The Balaban J connectivity index is 1.14. The molecule has 35 heavy (non-hydrogen) atoms. The molecule has 5 heterocycles. The van der Waals surface area contributed by atoms with E-state index in [9.17, 15) is 4.79 Å². The number of aromatic amines is 1. The predicted molar refractivity (Wildman–Crippen MR) is 136 cm³/mol. The molecule has 4 N–H and O–H groups in total. The number of hydrogen-bond acceptors (Lipinski definition) is 7. The van der Waals surface area contributed by atoms with Crippen LogP contribution in [0.2, 0.25) is 0 Å². The number of hydrazine groups is 1. The summed E-state index contributed by atoms with van der Waals surface area (Å²) < 4.78 is 0. The molecule has 7 rings (SSSR count). The Bertz CT molecular complexity index is 1380. The molecule has 4 atom stereocenters. The molecule has 3 aliphatic rings. The van der Waals surface area contributed by atoms with Crippen molar-refractivity contribution in [3.05, 3.63) is 59.6 Å². The lowest BCUT2D eigenvalue weighted by atomic mass is 9.73. The number of nitrogens with one attached hydrogen (secondary N) is 4. The molecule has 0 aromatic carbocycles. The number of anilines is 1. The first-order valence-electron chi connectivity index (χ1n) is 12.4. The molecule has 2 aliphatic carbocycles. The zero-order valence-electron chi connectivity index (χ0n) is 19.2. The van der Waals surface area contributed by atoms with E-state index in [0.717, 1.165) is 60.3 Å². The minimum Gasteiger partial charge on any atom is -0.339 e. The lowest BCUT2D eigenvalue weighted by Crippen LogP contribution is -2.34. The van der Waals surface area contributed by atoms with Crippen LogP contribution in [-0.2, 0) is 4.79 Å². The van der Waals surface area contributed by atoms with Crippen molar-refractivity contribution in [1.29, 1.82) is 0 Å². The summed E-state index contributed by atoms with van der Waals surface area (Å²) in [6.45, 7) is 0. The quantitative estimate of drug-likeness (QED) is 0.331. The summed E-state index contributed by atoms with van der Waals surface area (Å²) in [5, 5.41) is 5.14. The molecule has 0 spiro atoms. The van der Waals surface area contributed by atoms with Crippen LogP contribution in [-0.4, -0.2) is 31.9 Å². The van der Waals surface area contributed by atoms with Crippen molar-refractivity contribution in [3.8, 4) is 10.4 Å². The maximum Gasteiger partial charge on any atom is 0.227 e. The Labute approximate surface area is 207 Å². The first-order chi connectivity index (χ1) is 17.2. The first-order valence-corrected chi connectivity index (χ1v) is 13.3. The number of aromatic nitrogens is 4. The van der Waals surface area contributed by atoms with Gasteiger partial charge in [-0.15, -0.1) is 11.3 Å². The maximum atomic E-state index is 12.2. The normalized spacial score (nSPS) is 26.1. The van der Waals surface area contributed by atoms with E-state index in [4.69, 9.17) is 4.98 Å². The average molecular weight is 486 g/mol. The second kappa shape index (κ2) is 8.51. The van der Waals surface area contributed by atoms with Crippen molar-refractivity contribution in [1.82, 2.24) is 30.8 Å². The Kier molecular flexibility index (Phi) is 5.15. The van der Waals surface area contributed by atoms with Crippen LogP contribution in [0.1, 0.15) is 55.5 Å². The summed E-state index contributed by atoms with van der Waals surface area (Å²) in [4.78, 5) is 30.9. The van der Waals surface area contributed by atoms with E-state index in [-0.39, 0.29) is 17.9 Å². The molecule has 1 amide bonds. The fraction of sp³-hybridized carbons (Fsp3) is 0.385. The molecule has 178 valence electrons. The van der Waals surface area contributed by atoms with E-state index < -0.39 is 0 Å². The number of nitrogens with zero attached hydrogens (tertiary/aromatic N) is 3. The van der Waals surface area contributed by atoms with Crippen LogP contribution in [0.4, 0.5) is 5.69 Å². The molecule has 9 heteroatoms. The molecular formula is C26H27N7OS. The number of pyridine rings is 2. The highest BCUT2D eigenvalue weighted by Crippen LogP contribution is 2.44. The number of carbonyl (C=O) groups excluding carboxylic acids is 1. The number of H-pyrrole nitrogens is 1. The standard InChI is InChI=1S/C26H27N7OS/c34-26(14-3-4-14)29-17-10-16(12-27-13-17)15-5-6-20-19(11-15)23(33-32-20)25-30-22-18(21-2-1-9-35-21)7-8-28-24(22)31-25/h1-2,7-10,12-15,19-20,23,32-33H,3-6,11H2,(H,29,34)(H,28,30,31). The summed E-state index contributed by atoms with van der Waals surface area (Å²) in [5.41, 5.74) is 11.9. The van der Waals surface area contributed by atoms with Crippen molar-refractivity contribution in [2.24, 2.45) is 11.8 Å². The van der Waals surface area contributed by atoms with Gasteiger partial charge >= 0.3 is 0 Å². The number of imidazole rings is 1. The highest BCUT2D eigenvalue weighted by atomic mass is 32.1. The van der Waals surface area contributed by atoms with E-state index in [1.807, 2.05) is 12.4 Å². The largest absolute Gasteiger partial charge is 0.339 e. The van der Waals surface area contributed by atoms with Crippen LogP contribution in [0.25, 0.3) is 21.6 Å². The number of thiophene rings is 1. The van der Waals surface area contributed by atoms with Crippen LogP contribution in [0.15, 0.2) is 48.2 Å². The third-order valence-electron chi connectivity index (χ3n) is 7.69. The fourth-order valence-electron chi connectivity index (χ4n) is 5.68. The molecule has 1 aliphatic heterocycles. The van der Waals surface area contributed by atoms with Crippen molar-refractivity contribution in [2.75, 3.05) is 5.32 Å². The second-order valence-electron chi connectivity index (χ2n) is 9.97. The highest BCUT2D eigenvalue weighted by Gasteiger charge is 2.43. The maximum absolute atomic E-state index is 12.2. The smallest absolute Gasteiger partial charge is 0.227 e. The molecule has 1 saturated heterocycles. The minimum atomic E-state index is 0.0823. The van der Waals surface area contributed by atoms with E-state index in [1.165, 1.54) is 10.4 Å². The van der Waals surface area contributed by atoms with E-state index in [2.05, 4.69) is 60.8 Å². The van der Waals surface area contributed by atoms with Gasteiger partial charge in [-0.1, -0.05) is 6.07 Å². The number of fused-ring (bicyclic) bond motifs is 2. The average Bonchev–Trinajstić information content (AvgIpc) is 3.26.